The van der Waals surface area contributed by atoms with E-state index in [1.165, 1.54) is 22.7 Å². The van der Waals surface area contributed by atoms with Crippen LogP contribution in [0.5, 0.6) is 0 Å². The topological polar surface area (TPSA) is 71.1 Å². The lowest BCUT2D eigenvalue weighted by atomic mass is 10.2. The van der Waals surface area contributed by atoms with Crippen molar-refractivity contribution in [2.75, 3.05) is 11.9 Å². The van der Waals surface area contributed by atoms with E-state index in [1.54, 1.807) is 12.1 Å². The van der Waals surface area contributed by atoms with Crippen molar-refractivity contribution in [3.05, 3.63) is 33.5 Å². The summed E-state index contributed by atoms with van der Waals surface area (Å²) >= 11 is 2.72. The van der Waals surface area contributed by atoms with Gasteiger partial charge in [0.2, 0.25) is 5.91 Å². The molecule has 2 aromatic heterocycles. The number of hydrogen-bond acceptors (Lipinski definition) is 5. The summed E-state index contributed by atoms with van der Waals surface area (Å²) in [5.74, 6) is -0.188. The molecule has 0 fully saturated rings. The number of thiazole rings is 1. The fourth-order valence-corrected chi connectivity index (χ4v) is 2.96. The summed E-state index contributed by atoms with van der Waals surface area (Å²) in [6, 6.07) is 3.51. The Morgan fingerprint density at radius 2 is 2.15 bits per heavy atom. The third-order valence-corrected chi connectivity index (χ3v) is 4.16. The van der Waals surface area contributed by atoms with Crippen LogP contribution in [0.25, 0.3) is 0 Å². The van der Waals surface area contributed by atoms with E-state index in [0.717, 1.165) is 5.69 Å². The number of amides is 2. The smallest absolute Gasteiger partial charge is 0.261 e. The van der Waals surface area contributed by atoms with E-state index in [9.17, 15) is 9.59 Å². The predicted octanol–water partition coefficient (Wildman–Crippen LogP) is 2.70. The predicted molar refractivity (Wildman–Crippen MR) is 81.5 cm³/mol. The van der Waals surface area contributed by atoms with Crippen molar-refractivity contribution in [2.24, 2.45) is 0 Å². The number of anilines is 1. The first-order valence-electron chi connectivity index (χ1n) is 6.13. The van der Waals surface area contributed by atoms with Crippen LogP contribution in [0.2, 0.25) is 0 Å². The first kappa shape index (κ1) is 14.7. The molecule has 2 N–H and O–H groups in total. The first-order chi connectivity index (χ1) is 9.56. The van der Waals surface area contributed by atoms with E-state index in [-0.39, 0.29) is 18.4 Å². The molecule has 0 unspecified atom stereocenters. The fourth-order valence-electron chi connectivity index (χ4n) is 1.43. The Bertz CT molecular complexity index is 591. The number of carbonyl (C=O) groups is 2. The van der Waals surface area contributed by atoms with Gasteiger partial charge in [0.1, 0.15) is 0 Å². The fraction of sp³-hybridized carbons (Fsp3) is 0.308. The molecule has 0 aromatic carbocycles. The number of hydrogen-bond donors (Lipinski definition) is 2. The molecule has 2 aromatic rings. The van der Waals surface area contributed by atoms with Gasteiger partial charge in [-0.25, -0.2) is 4.98 Å². The third-order valence-electron chi connectivity index (χ3n) is 2.51. The number of nitrogens with zero attached hydrogens (tertiary/aromatic N) is 1. The highest BCUT2D eigenvalue weighted by Crippen LogP contribution is 2.21. The second-order valence-electron chi connectivity index (χ2n) is 4.44. The molecule has 2 rings (SSSR count). The first-order valence-corrected chi connectivity index (χ1v) is 7.89. The van der Waals surface area contributed by atoms with Gasteiger partial charge in [-0.2, -0.15) is 0 Å². The van der Waals surface area contributed by atoms with Crippen molar-refractivity contribution >= 4 is 39.6 Å². The summed E-state index contributed by atoms with van der Waals surface area (Å²) in [6.45, 7) is 4.02. The van der Waals surface area contributed by atoms with Crippen molar-refractivity contribution in [3.63, 3.8) is 0 Å². The highest BCUT2D eigenvalue weighted by molar-refractivity contribution is 7.14. The number of rotatable bonds is 5. The molecule has 0 spiro atoms. The van der Waals surface area contributed by atoms with Crippen LogP contribution in [-0.4, -0.2) is 23.3 Å². The minimum absolute atomic E-state index is 0.0622. The summed E-state index contributed by atoms with van der Waals surface area (Å²) in [7, 11) is 0. The van der Waals surface area contributed by atoms with Gasteiger partial charge in [-0.05, 0) is 17.4 Å². The van der Waals surface area contributed by atoms with Crippen LogP contribution in [0.3, 0.4) is 0 Å². The van der Waals surface area contributed by atoms with Gasteiger partial charge in [0.15, 0.2) is 5.13 Å². The second kappa shape index (κ2) is 6.62. The molecule has 2 amide bonds. The van der Waals surface area contributed by atoms with Gasteiger partial charge in [0, 0.05) is 5.38 Å². The van der Waals surface area contributed by atoms with Crippen LogP contribution in [0, 0.1) is 0 Å². The Morgan fingerprint density at radius 3 is 2.75 bits per heavy atom. The Morgan fingerprint density at radius 1 is 1.35 bits per heavy atom. The Labute approximate surface area is 125 Å². The van der Waals surface area contributed by atoms with Crippen molar-refractivity contribution in [1.29, 1.82) is 0 Å². The molecule has 0 aliphatic heterocycles. The molecular formula is C13H15N3O2S2. The molecule has 0 saturated heterocycles. The number of aromatic nitrogens is 1. The molecule has 7 heteroatoms. The SMILES string of the molecule is CC(C)c1csc(NC(=O)CNC(=O)c2cccs2)n1. The van der Waals surface area contributed by atoms with Crippen molar-refractivity contribution in [3.8, 4) is 0 Å². The molecule has 2 heterocycles. The standard InChI is InChI=1S/C13H15N3O2S2/c1-8(2)9-7-20-13(15-9)16-11(17)6-14-12(18)10-4-3-5-19-10/h3-5,7-8H,6H2,1-2H3,(H,14,18)(H,15,16,17). The molecule has 106 valence electrons. The van der Waals surface area contributed by atoms with Crippen molar-refractivity contribution in [2.45, 2.75) is 19.8 Å². The molecule has 5 nitrogen and oxygen atoms in total. The quantitative estimate of drug-likeness (QED) is 0.892. The zero-order valence-corrected chi connectivity index (χ0v) is 12.8. The molecule has 20 heavy (non-hydrogen) atoms. The van der Waals surface area contributed by atoms with E-state index in [0.29, 0.717) is 15.9 Å². The third kappa shape index (κ3) is 3.88. The van der Waals surface area contributed by atoms with Gasteiger partial charge in [-0.3, -0.25) is 9.59 Å². The lowest BCUT2D eigenvalue weighted by molar-refractivity contribution is -0.115. The van der Waals surface area contributed by atoms with E-state index < -0.39 is 0 Å². The van der Waals surface area contributed by atoms with Crippen LogP contribution >= 0.6 is 22.7 Å². The summed E-state index contributed by atoms with van der Waals surface area (Å²) in [4.78, 5) is 28.3. The summed E-state index contributed by atoms with van der Waals surface area (Å²) in [5, 5.41) is 9.54. The molecule has 0 atom stereocenters. The number of thiophene rings is 1. The van der Waals surface area contributed by atoms with Gasteiger partial charge in [-0.15, -0.1) is 22.7 Å². The lowest BCUT2D eigenvalue weighted by Crippen LogP contribution is -2.32. The van der Waals surface area contributed by atoms with Crippen molar-refractivity contribution < 1.29 is 9.59 Å². The zero-order chi connectivity index (χ0) is 14.5. The highest BCUT2D eigenvalue weighted by Gasteiger charge is 2.11. The lowest BCUT2D eigenvalue weighted by Gasteiger charge is -2.03. The van der Waals surface area contributed by atoms with Gasteiger partial charge in [-0.1, -0.05) is 19.9 Å². The monoisotopic (exact) mass is 309 g/mol. The van der Waals surface area contributed by atoms with E-state index >= 15 is 0 Å². The average Bonchev–Trinajstić information content (AvgIpc) is 3.06. The van der Waals surface area contributed by atoms with Gasteiger partial charge < -0.3 is 10.6 Å². The Balaban J connectivity index is 1.82. The van der Waals surface area contributed by atoms with Crippen LogP contribution in [-0.2, 0) is 4.79 Å². The minimum Gasteiger partial charge on any atom is -0.342 e. The molecule has 0 aliphatic carbocycles. The maximum absolute atomic E-state index is 11.7. The Kier molecular flexibility index (Phi) is 4.86. The Hall–Kier alpha value is -1.73. The van der Waals surface area contributed by atoms with Crippen molar-refractivity contribution in [1.82, 2.24) is 10.3 Å². The average molecular weight is 309 g/mol. The summed E-state index contributed by atoms with van der Waals surface area (Å²) in [6.07, 6.45) is 0. The van der Waals surface area contributed by atoms with E-state index in [1.807, 2.05) is 24.6 Å². The molecule has 0 radical (unpaired) electrons. The van der Waals surface area contributed by atoms with Crippen LogP contribution in [0.1, 0.15) is 35.1 Å². The van der Waals surface area contributed by atoms with Crippen LogP contribution in [0.15, 0.2) is 22.9 Å². The van der Waals surface area contributed by atoms with Gasteiger partial charge >= 0.3 is 0 Å². The summed E-state index contributed by atoms with van der Waals surface area (Å²) in [5.41, 5.74) is 0.952. The normalized spacial score (nSPS) is 10.6. The maximum atomic E-state index is 11.7. The van der Waals surface area contributed by atoms with Crippen LogP contribution < -0.4 is 10.6 Å². The molecular weight excluding hydrogens is 294 g/mol. The van der Waals surface area contributed by atoms with E-state index in [4.69, 9.17) is 0 Å². The largest absolute Gasteiger partial charge is 0.342 e. The summed E-state index contributed by atoms with van der Waals surface area (Å²) < 4.78 is 0. The molecule has 0 aliphatic rings. The van der Waals surface area contributed by atoms with Gasteiger partial charge in [0.25, 0.3) is 5.91 Å². The maximum Gasteiger partial charge on any atom is 0.261 e. The zero-order valence-electron chi connectivity index (χ0n) is 11.2. The molecule has 0 bridgehead atoms. The van der Waals surface area contributed by atoms with E-state index in [2.05, 4.69) is 15.6 Å². The number of nitrogens with one attached hydrogen (secondary N) is 2. The van der Waals surface area contributed by atoms with Crippen LogP contribution in [0.4, 0.5) is 5.13 Å². The minimum atomic E-state index is -0.278. The highest BCUT2D eigenvalue weighted by atomic mass is 32.1. The van der Waals surface area contributed by atoms with Gasteiger partial charge in [0.05, 0.1) is 17.1 Å². The second-order valence-corrected chi connectivity index (χ2v) is 6.25. The molecule has 0 saturated carbocycles. The number of carbonyl (C=O) groups excluding carboxylic acids is 2.